The molecule has 38 heavy (non-hydrogen) atoms. The molecule has 1 amide bonds. The van der Waals surface area contributed by atoms with Crippen molar-refractivity contribution < 1.29 is 18.7 Å². The minimum absolute atomic E-state index is 0.325. The monoisotopic (exact) mass is 519 g/mol. The van der Waals surface area contributed by atoms with E-state index in [-0.39, 0.29) is 5.91 Å². The summed E-state index contributed by atoms with van der Waals surface area (Å²) in [5.74, 6) is 0.695. The number of nitrogens with one attached hydrogen (secondary N) is 2. The Morgan fingerprint density at radius 1 is 1.29 bits per heavy atom. The van der Waals surface area contributed by atoms with Gasteiger partial charge in [0.05, 0.1) is 35.9 Å². The fourth-order valence-electron chi connectivity index (χ4n) is 3.84. The number of nitrogens with zero attached hydrogens (tertiary/aromatic N) is 5. The van der Waals surface area contributed by atoms with Crippen molar-refractivity contribution in [3.63, 3.8) is 0 Å². The maximum Gasteiger partial charge on any atom is 0.247 e. The number of ether oxygens (including phenoxy) is 2. The Labute approximate surface area is 220 Å². The van der Waals surface area contributed by atoms with Crippen LogP contribution >= 0.6 is 0 Å². The Morgan fingerprint density at radius 2 is 2.11 bits per heavy atom. The lowest BCUT2D eigenvalue weighted by Crippen LogP contribution is -2.24. The molecule has 11 heteroatoms. The molecule has 0 saturated heterocycles. The maximum absolute atomic E-state index is 15.0. The van der Waals surface area contributed by atoms with E-state index < -0.39 is 5.82 Å². The van der Waals surface area contributed by atoms with Crippen LogP contribution < -0.4 is 10.6 Å². The number of aromatic nitrogens is 4. The van der Waals surface area contributed by atoms with Crippen molar-refractivity contribution in [3.8, 4) is 11.3 Å². The Balaban J connectivity index is 1.66. The summed E-state index contributed by atoms with van der Waals surface area (Å²) >= 11 is 0. The first-order valence-electron chi connectivity index (χ1n) is 11.9. The molecule has 1 aliphatic carbocycles. The SMILES string of the molecule is C=CC(=O)NC1=CC(Nc2cc(-c3cc4cnn(C)c4cc3F)ncn2)=C(OC)CC=C1OCCN(C)C. The van der Waals surface area contributed by atoms with Crippen LogP contribution in [0.5, 0.6) is 0 Å². The van der Waals surface area contributed by atoms with E-state index in [4.69, 9.17) is 9.47 Å². The zero-order valence-corrected chi connectivity index (χ0v) is 21.8. The number of carbonyl (C=O) groups is 1. The Hall–Kier alpha value is -4.51. The zero-order valence-electron chi connectivity index (χ0n) is 21.8. The summed E-state index contributed by atoms with van der Waals surface area (Å²) in [6, 6.07) is 4.79. The summed E-state index contributed by atoms with van der Waals surface area (Å²) in [6.07, 6.45) is 8.15. The topological polar surface area (TPSA) is 106 Å². The number of allylic oxidation sites excluding steroid dienone is 2. The van der Waals surface area contributed by atoms with Crippen molar-refractivity contribution in [3.05, 3.63) is 84.3 Å². The summed E-state index contributed by atoms with van der Waals surface area (Å²) in [5.41, 5.74) is 2.38. The Morgan fingerprint density at radius 3 is 2.84 bits per heavy atom. The second-order valence-electron chi connectivity index (χ2n) is 8.79. The largest absolute Gasteiger partial charge is 0.499 e. The number of anilines is 1. The van der Waals surface area contributed by atoms with E-state index in [1.54, 1.807) is 43.2 Å². The molecule has 0 radical (unpaired) electrons. The van der Waals surface area contributed by atoms with Crippen LogP contribution in [0.3, 0.4) is 0 Å². The average Bonchev–Trinajstić information content (AvgIpc) is 3.17. The molecule has 3 aromatic rings. The molecule has 0 spiro atoms. The quantitative estimate of drug-likeness (QED) is 0.392. The number of rotatable bonds is 10. The molecule has 2 heterocycles. The van der Waals surface area contributed by atoms with E-state index in [0.717, 1.165) is 5.39 Å². The van der Waals surface area contributed by atoms with Crippen LogP contribution in [0.15, 0.2) is 78.4 Å². The smallest absolute Gasteiger partial charge is 0.247 e. The second kappa shape index (κ2) is 11.7. The van der Waals surface area contributed by atoms with Crippen molar-refractivity contribution in [2.75, 3.05) is 39.7 Å². The first kappa shape index (κ1) is 26.6. The molecule has 0 aliphatic heterocycles. The van der Waals surface area contributed by atoms with Crippen LogP contribution in [0.1, 0.15) is 6.42 Å². The molecule has 10 nitrogen and oxygen atoms in total. The van der Waals surface area contributed by atoms with Gasteiger partial charge in [0.1, 0.15) is 36.1 Å². The molecule has 2 N–H and O–H groups in total. The third-order valence-electron chi connectivity index (χ3n) is 5.85. The first-order valence-corrected chi connectivity index (χ1v) is 11.9. The lowest BCUT2D eigenvalue weighted by atomic mass is 10.1. The van der Waals surface area contributed by atoms with Gasteiger partial charge in [-0.1, -0.05) is 6.58 Å². The third-order valence-corrected chi connectivity index (χ3v) is 5.85. The van der Waals surface area contributed by atoms with E-state index in [0.29, 0.717) is 65.1 Å². The van der Waals surface area contributed by atoms with Gasteiger partial charge < -0.3 is 25.0 Å². The van der Waals surface area contributed by atoms with Crippen molar-refractivity contribution >= 4 is 22.6 Å². The number of hydrogen-bond acceptors (Lipinski definition) is 8. The molecular weight excluding hydrogens is 489 g/mol. The lowest BCUT2D eigenvalue weighted by Gasteiger charge is -2.16. The van der Waals surface area contributed by atoms with Crippen LogP contribution in [-0.4, -0.2) is 64.9 Å². The van der Waals surface area contributed by atoms with Crippen LogP contribution in [-0.2, 0) is 21.3 Å². The number of likely N-dealkylation sites (N-methyl/N-ethyl adjacent to an activating group) is 1. The third kappa shape index (κ3) is 6.06. The van der Waals surface area contributed by atoms with Crippen LogP contribution in [0, 0.1) is 5.82 Å². The van der Waals surface area contributed by atoms with E-state index in [1.807, 2.05) is 25.1 Å². The number of hydrogen-bond donors (Lipinski definition) is 2. The van der Waals surface area contributed by atoms with Gasteiger partial charge in [-0.05, 0) is 38.4 Å². The Kier molecular flexibility index (Phi) is 8.17. The molecule has 198 valence electrons. The highest BCUT2D eigenvalue weighted by atomic mass is 19.1. The molecular formula is C27H30FN7O3. The number of aryl methyl sites for hydroxylation is 1. The van der Waals surface area contributed by atoms with Crippen molar-refractivity contribution in [1.29, 1.82) is 0 Å². The molecule has 0 bridgehead atoms. The fraction of sp³-hybridized carbons (Fsp3) is 0.259. The van der Waals surface area contributed by atoms with Gasteiger partial charge in [-0.3, -0.25) is 9.48 Å². The van der Waals surface area contributed by atoms with Crippen LogP contribution in [0.25, 0.3) is 22.2 Å². The number of halogens is 1. The summed E-state index contributed by atoms with van der Waals surface area (Å²) in [7, 11) is 7.21. The summed E-state index contributed by atoms with van der Waals surface area (Å²) < 4.78 is 28.2. The van der Waals surface area contributed by atoms with Gasteiger partial charge in [-0.2, -0.15) is 5.10 Å². The fourth-order valence-corrected chi connectivity index (χ4v) is 3.84. The van der Waals surface area contributed by atoms with Crippen molar-refractivity contribution in [1.82, 2.24) is 30.0 Å². The zero-order chi connectivity index (χ0) is 27.2. The van der Waals surface area contributed by atoms with Crippen molar-refractivity contribution in [2.24, 2.45) is 7.05 Å². The van der Waals surface area contributed by atoms with E-state index in [1.165, 1.54) is 18.5 Å². The highest BCUT2D eigenvalue weighted by Gasteiger charge is 2.19. The number of carbonyl (C=O) groups excluding carboxylic acids is 1. The number of benzene rings is 1. The highest BCUT2D eigenvalue weighted by Crippen LogP contribution is 2.29. The summed E-state index contributed by atoms with van der Waals surface area (Å²) in [5, 5.41) is 11.0. The number of fused-ring (bicyclic) bond motifs is 1. The van der Waals surface area contributed by atoms with Gasteiger partial charge >= 0.3 is 0 Å². The Bertz CT molecular complexity index is 1460. The predicted octanol–water partition coefficient (Wildman–Crippen LogP) is 3.49. The maximum atomic E-state index is 15.0. The van der Waals surface area contributed by atoms with Gasteiger partial charge in [0.15, 0.2) is 0 Å². The van der Waals surface area contributed by atoms with E-state index >= 15 is 0 Å². The van der Waals surface area contributed by atoms with Gasteiger partial charge in [0.2, 0.25) is 5.91 Å². The molecule has 0 saturated carbocycles. The molecule has 0 atom stereocenters. The molecule has 1 aliphatic rings. The van der Waals surface area contributed by atoms with Gasteiger partial charge in [0, 0.05) is 43.1 Å². The predicted molar refractivity (Wildman–Crippen MR) is 143 cm³/mol. The van der Waals surface area contributed by atoms with Gasteiger partial charge in [-0.25, -0.2) is 14.4 Å². The summed E-state index contributed by atoms with van der Waals surface area (Å²) in [4.78, 5) is 22.8. The van der Waals surface area contributed by atoms with Crippen LogP contribution in [0.2, 0.25) is 0 Å². The van der Waals surface area contributed by atoms with E-state index in [9.17, 15) is 9.18 Å². The van der Waals surface area contributed by atoms with Crippen molar-refractivity contribution in [2.45, 2.75) is 6.42 Å². The molecule has 0 unspecified atom stereocenters. The van der Waals surface area contributed by atoms with E-state index in [2.05, 4.69) is 32.3 Å². The van der Waals surface area contributed by atoms with Crippen LogP contribution in [0.4, 0.5) is 10.2 Å². The molecule has 0 fully saturated rings. The van der Waals surface area contributed by atoms with Gasteiger partial charge in [-0.15, -0.1) is 0 Å². The van der Waals surface area contributed by atoms with Gasteiger partial charge in [0.25, 0.3) is 0 Å². The number of amides is 1. The lowest BCUT2D eigenvalue weighted by molar-refractivity contribution is -0.115. The number of methoxy groups -OCH3 is 1. The average molecular weight is 520 g/mol. The normalized spacial score (nSPS) is 13.6. The molecule has 1 aromatic carbocycles. The molecule has 2 aromatic heterocycles. The minimum Gasteiger partial charge on any atom is -0.499 e. The summed E-state index contributed by atoms with van der Waals surface area (Å²) in [6.45, 7) is 4.65. The standard InChI is InChI=1S/C27H30FN7O3/c1-6-27(36)33-22-13-21(24(37-5)7-8-25(22)38-10-9-34(2)3)32-26-14-20(29-16-30-26)18-11-17-15-31-35(4)23(17)12-19(18)28/h6,8,11-16H,1,7,9-10H2,2-5H3,(H,33,36)(H,29,30,32). The highest BCUT2D eigenvalue weighted by molar-refractivity contribution is 5.89. The minimum atomic E-state index is -0.421. The first-order chi connectivity index (χ1) is 18.3. The second-order valence-corrected chi connectivity index (χ2v) is 8.79. The molecule has 4 rings (SSSR count).